The van der Waals surface area contributed by atoms with Gasteiger partial charge in [-0.1, -0.05) is 19.8 Å². The molecule has 0 radical (unpaired) electrons. The van der Waals surface area contributed by atoms with Crippen molar-refractivity contribution in [2.75, 3.05) is 0 Å². The van der Waals surface area contributed by atoms with E-state index < -0.39 is 6.10 Å². The van der Waals surface area contributed by atoms with E-state index in [1.165, 1.54) is 12.8 Å². The number of aromatic nitrogens is 1. The second-order valence-electron chi connectivity index (χ2n) is 5.64. The quantitative estimate of drug-likeness (QED) is 0.890. The van der Waals surface area contributed by atoms with E-state index in [0.29, 0.717) is 11.8 Å². The lowest BCUT2D eigenvalue weighted by molar-refractivity contribution is 0.0892. The van der Waals surface area contributed by atoms with Crippen LogP contribution in [-0.2, 0) is 0 Å². The Morgan fingerprint density at radius 1 is 1.33 bits per heavy atom. The lowest BCUT2D eigenvalue weighted by Gasteiger charge is -2.22. The maximum atomic E-state index is 10.5. The lowest BCUT2D eigenvalue weighted by Crippen LogP contribution is -2.15. The SMILES string of the molecule is CC(C)Oc1cncc(C(O)C2CCCC2C)c1. The molecule has 1 aliphatic rings. The monoisotopic (exact) mass is 249 g/mol. The van der Waals surface area contributed by atoms with Gasteiger partial charge in [-0.25, -0.2) is 0 Å². The third kappa shape index (κ3) is 3.02. The van der Waals surface area contributed by atoms with Crippen molar-refractivity contribution in [1.82, 2.24) is 4.98 Å². The van der Waals surface area contributed by atoms with Gasteiger partial charge in [0.25, 0.3) is 0 Å². The van der Waals surface area contributed by atoms with Gasteiger partial charge in [-0.3, -0.25) is 4.98 Å². The summed E-state index contributed by atoms with van der Waals surface area (Å²) in [6, 6.07) is 1.92. The average Bonchev–Trinajstić information content (AvgIpc) is 2.74. The first-order chi connectivity index (χ1) is 8.58. The number of rotatable bonds is 4. The number of nitrogens with zero attached hydrogens (tertiary/aromatic N) is 1. The van der Waals surface area contributed by atoms with Gasteiger partial charge in [-0.05, 0) is 38.2 Å². The minimum absolute atomic E-state index is 0.129. The number of aliphatic hydroxyl groups is 1. The molecule has 1 saturated carbocycles. The molecule has 18 heavy (non-hydrogen) atoms. The van der Waals surface area contributed by atoms with Crippen molar-refractivity contribution in [3.05, 3.63) is 24.0 Å². The molecule has 1 fully saturated rings. The summed E-state index contributed by atoms with van der Waals surface area (Å²) < 4.78 is 5.62. The summed E-state index contributed by atoms with van der Waals surface area (Å²) in [4.78, 5) is 4.17. The third-order valence-electron chi connectivity index (χ3n) is 3.78. The van der Waals surface area contributed by atoms with E-state index in [9.17, 15) is 5.11 Å². The Morgan fingerprint density at radius 3 is 2.72 bits per heavy atom. The maximum absolute atomic E-state index is 10.5. The van der Waals surface area contributed by atoms with Crippen LogP contribution in [0, 0.1) is 11.8 Å². The van der Waals surface area contributed by atoms with Gasteiger partial charge in [-0.2, -0.15) is 0 Å². The van der Waals surface area contributed by atoms with Crippen molar-refractivity contribution >= 4 is 0 Å². The van der Waals surface area contributed by atoms with Crippen LogP contribution in [0.15, 0.2) is 18.5 Å². The fourth-order valence-corrected chi connectivity index (χ4v) is 2.82. The van der Waals surface area contributed by atoms with Crippen LogP contribution in [0.4, 0.5) is 0 Å². The van der Waals surface area contributed by atoms with Gasteiger partial charge >= 0.3 is 0 Å². The highest BCUT2D eigenvalue weighted by Crippen LogP contribution is 2.40. The summed E-state index contributed by atoms with van der Waals surface area (Å²) in [7, 11) is 0. The van der Waals surface area contributed by atoms with Crippen LogP contribution in [0.5, 0.6) is 5.75 Å². The smallest absolute Gasteiger partial charge is 0.138 e. The van der Waals surface area contributed by atoms with Crippen LogP contribution in [0.25, 0.3) is 0 Å². The normalized spacial score (nSPS) is 25.4. The van der Waals surface area contributed by atoms with E-state index in [4.69, 9.17) is 4.74 Å². The molecule has 100 valence electrons. The van der Waals surface area contributed by atoms with E-state index in [1.54, 1.807) is 12.4 Å². The van der Waals surface area contributed by atoms with Gasteiger partial charge in [0, 0.05) is 11.8 Å². The zero-order chi connectivity index (χ0) is 13.1. The molecule has 0 amide bonds. The first-order valence-electron chi connectivity index (χ1n) is 6.87. The summed E-state index contributed by atoms with van der Waals surface area (Å²) in [5, 5.41) is 10.5. The predicted molar refractivity (Wildman–Crippen MR) is 71.5 cm³/mol. The van der Waals surface area contributed by atoms with Crippen LogP contribution in [-0.4, -0.2) is 16.2 Å². The molecule has 1 heterocycles. The zero-order valence-corrected chi connectivity index (χ0v) is 11.5. The third-order valence-corrected chi connectivity index (χ3v) is 3.78. The van der Waals surface area contributed by atoms with Crippen molar-refractivity contribution in [2.45, 2.75) is 52.2 Å². The highest BCUT2D eigenvalue weighted by Gasteiger charge is 2.30. The lowest BCUT2D eigenvalue weighted by atomic mass is 9.89. The van der Waals surface area contributed by atoms with Crippen molar-refractivity contribution in [3.8, 4) is 5.75 Å². The molecule has 2 rings (SSSR count). The molecular formula is C15H23NO2. The van der Waals surface area contributed by atoms with Gasteiger partial charge < -0.3 is 9.84 Å². The molecule has 3 nitrogen and oxygen atoms in total. The summed E-state index contributed by atoms with van der Waals surface area (Å²) in [6.45, 7) is 6.20. The fourth-order valence-electron chi connectivity index (χ4n) is 2.82. The Balaban J connectivity index is 2.12. The van der Waals surface area contributed by atoms with Gasteiger partial charge in [0.05, 0.1) is 18.4 Å². The van der Waals surface area contributed by atoms with Gasteiger partial charge in [-0.15, -0.1) is 0 Å². The Bertz CT molecular complexity index is 392. The molecule has 1 aromatic rings. The highest BCUT2D eigenvalue weighted by atomic mass is 16.5. The molecule has 1 N–H and O–H groups in total. The van der Waals surface area contributed by atoms with Crippen molar-refractivity contribution in [3.63, 3.8) is 0 Å². The Labute approximate surface area is 109 Å². The summed E-state index contributed by atoms with van der Waals surface area (Å²) >= 11 is 0. The molecule has 3 heteroatoms. The Morgan fingerprint density at radius 2 is 2.11 bits per heavy atom. The van der Waals surface area contributed by atoms with Crippen LogP contribution in [0.1, 0.15) is 51.7 Å². The summed E-state index contributed by atoms with van der Waals surface area (Å²) in [5.74, 6) is 1.70. The summed E-state index contributed by atoms with van der Waals surface area (Å²) in [6.07, 6.45) is 6.72. The molecule has 0 spiro atoms. The van der Waals surface area contributed by atoms with Gasteiger partial charge in [0.1, 0.15) is 5.75 Å². The van der Waals surface area contributed by atoms with Crippen LogP contribution >= 0.6 is 0 Å². The molecule has 1 aromatic heterocycles. The second kappa shape index (κ2) is 5.70. The summed E-state index contributed by atoms with van der Waals surface area (Å²) in [5.41, 5.74) is 0.881. The van der Waals surface area contributed by atoms with Crippen LogP contribution < -0.4 is 4.74 Å². The molecule has 0 bridgehead atoms. The van der Waals surface area contributed by atoms with Gasteiger partial charge in [0.2, 0.25) is 0 Å². The highest BCUT2D eigenvalue weighted by molar-refractivity contribution is 5.26. The van der Waals surface area contributed by atoms with E-state index >= 15 is 0 Å². The van der Waals surface area contributed by atoms with Crippen molar-refractivity contribution < 1.29 is 9.84 Å². The van der Waals surface area contributed by atoms with E-state index in [0.717, 1.165) is 17.7 Å². The average molecular weight is 249 g/mol. The topological polar surface area (TPSA) is 42.4 Å². The molecule has 0 aliphatic heterocycles. The molecule has 1 aliphatic carbocycles. The molecule has 3 unspecified atom stereocenters. The molecule has 0 saturated heterocycles. The Hall–Kier alpha value is -1.09. The van der Waals surface area contributed by atoms with Crippen molar-refractivity contribution in [1.29, 1.82) is 0 Å². The van der Waals surface area contributed by atoms with E-state index in [-0.39, 0.29) is 6.10 Å². The number of hydrogen-bond donors (Lipinski definition) is 1. The first kappa shape index (κ1) is 13.3. The number of ether oxygens (including phenoxy) is 1. The molecular weight excluding hydrogens is 226 g/mol. The van der Waals surface area contributed by atoms with Gasteiger partial charge in [0.15, 0.2) is 0 Å². The van der Waals surface area contributed by atoms with E-state index in [2.05, 4.69) is 11.9 Å². The largest absolute Gasteiger partial charge is 0.489 e. The second-order valence-corrected chi connectivity index (χ2v) is 5.64. The van der Waals surface area contributed by atoms with E-state index in [1.807, 2.05) is 19.9 Å². The minimum Gasteiger partial charge on any atom is -0.489 e. The maximum Gasteiger partial charge on any atom is 0.138 e. The molecule has 0 aromatic carbocycles. The zero-order valence-electron chi connectivity index (χ0n) is 11.5. The Kier molecular flexibility index (Phi) is 4.23. The predicted octanol–water partition coefficient (Wildman–Crippen LogP) is 3.34. The fraction of sp³-hybridized carbons (Fsp3) is 0.667. The van der Waals surface area contributed by atoms with Crippen LogP contribution in [0.2, 0.25) is 0 Å². The first-order valence-corrected chi connectivity index (χ1v) is 6.87. The number of hydrogen-bond acceptors (Lipinski definition) is 3. The number of pyridine rings is 1. The standard InChI is InChI=1S/C15H23NO2/c1-10(2)18-13-7-12(8-16-9-13)15(17)14-6-4-5-11(14)3/h7-11,14-15,17H,4-6H2,1-3H3. The van der Waals surface area contributed by atoms with Crippen LogP contribution in [0.3, 0.4) is 0 Å². The number of aliphatic hydroxyl groups excluding tert-OH is 1. The van der Waals surface area contributed by atoms with Crippen molar-refractivity contribution in [2.24, 2.45) is 11.8 Å². The minimum atomic E-state index is -0.411. The molecule has 3 atom stereocenters.